The molecule has 1 aromatic carbocycles. The second kappa shape index (κ2) is 6.73. The van der Waals surface area contributed by atoms with Gasteiger partial charge in [0, 0.05) is 12.6 Å². The molecule has 1 aromatic rings. The summed E-state index contributed by atoms with van der Waals surface area (Å²) in [4.78, 5) is 2.77. The molecule has 20 heavy (non-hydrogen) atoms. The van der Waals surface area contributed by atoms with Gasteiger partial charge in [-0.25, -0.2) is 0 Å². The summed E-state index contributed by atoms with van der Waals surface area (Å²) in [5, 5.41) is 3.37. The summed E-state index contributed by atoms with van der Waals surface area (Å²) >= 11 is 0. The average molecular weight is 272 g/mol. The van der Waals surface area contributed by atoms with Crippen LogP contribution < -0.4 is 5.32 Å². The van der Waals surface area contributed by atoms with E-state index in [4.69, 9.17) is 0 Å². The highest BCUT2D eigenvalue weighted by Gasteiger charge is 2.28. The van der Waals surface area contributed by atoms with Gasteiger partial charge in [-0.3, -0.25) is 4.90 Å². The van der Waals surface area contributed by atoms with Gasteiger partial charge in [0.05, 0.1) is 0 Å². The third kappa shape index (κ3) is 3.07. The zero-order valence-electron chi connectivity index (χ0n) is 12.8. The van der Waals surface area contributed by atoms with E-state index in [0.717, 1.165) is 5.92 Å². The van der Waals surface area contributed by atoms with Crippen LogP contribution in [0.3, 0.4) is 0 Å². The number of hydrogen-bond acceptors (Lipinski definition) is 2. The van der Waals surface area contributed by atoms with Crippen LogP contribution in [0.4, 0.5) is 0 Å². The highest BCUT2D eigenvalue weighted by Crippen LogP contribution is 2.35. The van der Waals surface area contributed by atoms with Crippen molar-refractivity contribution in [1.29, 1.82) is 0 Å². The van der Waals surface area contributed by atoms with E-state index in [2.05, 4.69) is 41.5 Å². The Morgan fingerprint density at radius 2 is 2.05 bits per heavy atom. The highest BCUT2D eigenvalue weighted by molar-refractivity contribution is 5.31. The van der Waals surface area contributed by atoms with Crippen LogP contribution >= 0.6 is 0 Å². The largest absolute Gasteiger partial charge is 0.319 e. The molecule has 3 rings (SSSR count). The van der Waals surface area contributed by atoms with Gasteiger partial charge in [-0.15, -0.1) is 0 Å². The molecule has 0 spiro atoms. The molecule has 0 amide bonds. The summed E-state index contributed by atoms with van der Waals surface area (Å²) in [5.41, 5.74) is 3.22. The fraction of sp³-hybridized carbons (Fsp3) is 0.667. The van der Waals surface area contributed by atoms with Crippen LogP contribution in [-0.2, 0) is 6.42 Å². The SMILES string of the molecule is CNCC1CCCN(C2CCCCc3ccccc32)C1. The van der Waals surface area contributed by atoms with Crippen molar-refractivity contribution in [2.75, 3.05) is 26.7 Å². The van der Waals surface area contributed by atoms with E-state index in [9.17, 15) is 0 Å². The van der Waals surface area contributed by atoms with Gasteiger partial charge < -0.3 is 5.32 Å². The molecule has 2 unspecified atom stereocenters. The maximum absolute atomic E-state index is 3.37. The van der Waals surface area contributed by atoms with E-state index in [1.54, 1.807) is 11.1 Å². The van der Waals surface area contributed by atoms with Gasteiger partial charge in [0.1, 0.15) is 0 Å². The normalized spacial score (nSPS) is 27.9. The van der Waals surface area contributed by atoms with Gasteiger partial charge in [0.2, 0.25) is 0 Å². The second-order valence-corrected chi connectivity index (χ2v) is 6.52. The van der Waals surface area contributed by atoms with Crippen LogP contribution in [0, 0.1) is 5.92 Å². The van der Waals surface area contributed by atoms with E-state index < -0.39 is 0 Å². The van der Waals surface area contributed by atoms with Crippen molar-refractivity contribution in [2.24, 2.45) is 5.92 Å². The minimum atomic E-state index is 0.674. The maximum Gasteiger partial charge on any atom is 0.0350 e. The number of fused-ring (bicyclic) bond motifs is 1. The monoisotopic (exact) mass is 272 g/mol. The van der Waals surface area contributed by atoms with E-state index >= 15 is 0 Å². The summed E-state index contributed by atoms with van der Waals surface area (Å²) in [6.07, 6.45) is 8.13. The van der Waals surface area contributed by atoms with E-state index in [1.807, 2.05) is 0 Å². The smallest absolute Gasteiger partial charge is 0.0350 e. The molecule has 0 aromatic heterocycles. The highest BCUT2D eigenvalue weighted by atomic mass is 15.2. The Morgan fingerprint density at radius 1 is 1.15 bits per heavy atom. The van der Waals surface area contributed by atoms with Gasteiger partial charge >= 0.3 is 0 Å². The molecule has 0 radical (unpaired) electrons. The molecule has 0 saturated carbocycles. The first-order valence-electron chi connectivity index (χ1n) is 8.35. The van der Waals surface area contributed by atoms with Gasteiger partial charge in [0.25, 0.3) is 0 Å². The molecule has 1 saturated heterocycles. The second-order valence-electron chi connectivity index (χ2n) is 6.52. The van der Waals surface area contributed by atoms with Crippen molar-refractivity contribution in [2.45, 2.75) is 44.6 Å². The Labute approximate surface area is 123 Å². The molecule has 1 aliphatic heterocycles. The Bertz CT molecular complexity index is 427. The molecule has 110 valence electrons. The summed E-state index contributed by atoms with van der Waals surface area (Å²) in [6, 6.07) is 9.84. The van der Waals surface area contributed by atoms with Crippen molar-refractivity contribution in [3.63, 3.8) is 0 Å². The third-order valence-corrected chi connectivity index (χ3v) is 5.07. The first-order valence-corrected chi connectivity index (χ1v) is 8.35. The number of hydrogen-bond donors (Lipinski definition) is 1. The summed E-state index contributed by atoms with van der Waals surface area (Å²) in [6.45, 7) is 3.74. The molecule has 1 N–H and O–H groups in total. The zero-order valence-corrected chi connectivity index (χ0v) is 12.8. The number of likely N-dealkylation sites (tertiary alicyclic amines) is 1. The Hall–Kier alpha value is -0.860. The molecular weight excluding hydrogens is 244 g/mol. The molecule has 0 bridgehead atoms. The summed E-state index contributed by atoms with van der Waals surface area (Å²) < 4.78 is 0. The number of aryl methyl sites for hydroxylation is 1. The average Bonchev–Trinajstić information content (AvgIpc) is 2.70. The van der Waals surface area contributed by atoms with Crippen molar-refractivity contribution >= 4 is 0 Å². The predicted molar refractivity (Wildman–Crippen MR) is 85.0 cm³/mol. The van der Waals surface area contributed by atoms with Crippen LogP contribution in [0.1, 0.15) is 49.3 Å². The predicted octanol–water partition coefficient (Wildman–Crippen LogP) is 3.39. The number of rotatable bonds is 3. The van der Waals surface area contributed by atoms with Crippen LogP contribution in [0.25, 0.3) is 0 Å². The van der Waals surface area contributed by atoms with Crippen LogP contribution in [0.15, 0.2) is 24.3 Å². The Kier molecular flexibility index (Phi) is 4.74. The van der Waals surface area contributed by atoms with Gasteiger partial charge in [-0.1, -0.05) is 30.7 Å². The molecule has 2 nitrogen and oxygen atoms in total. The number of nitrogens with zero attached hydrogens (tertiary/aromatic N) is 1. The maximum atomic E-state index is 3.37. The molecule has 2 aliphatic rings. The minimum Gasteiger partial charge on any atom is -0.319 e. The molecule has 2 atom stereocenters. The summed E-state index contributed by atoms with van der Waals surface area (Å²) in [7, 11) is 2.08. The van der Waals surface area contributed by atoms with Crippen LogP contribution in [0.2, 0.25) is 0 Å². The van der Waals surface area contributed by atoms with Gasteiger partial charge in [-0.05, 0) is 69.3 Å². The lowest BCUT2D eigenvalue weighted by molar-refractivity contribution is 0.116. The molecule has 1 fully saturated rings. The first-order chi connectivity index (χ1) is 9.88. The van der Waals surface area contributed by atoms with Gasteiger partial charge in [-0.2, -0.15) is 0 Å². The molecule has 2 heteroatoms. The lowest BCUT2D eigenvalue weighted by atomic mass is 9.92. The van der Waals surface area contributed by atoms with E-state index in [-0.39, 0.29) is 0 Å². The molecule has 1 aliphatic carbocycles. The topological polar surface area (TPSA) is 15.3 Å². The molecule has 1 heterocycles. The lowest BCUT2D eigenvalue weighted by Crippen LogP contribution is -2.41. The van der Waals surface area contributed by atoms with Gasteiger partial charge in [0.15, 0.2) is 0 Å². The fourth-order valence-electron chi connectivity index (χ4n) is 4.11. The van der Waals surface area contributed by atoms with Crippen LogP contribution in [-0.4, -0.2) is 31.6 Å². The number of nitrogens with one attached hydrogen (secondary N) is 1. The fourth-order valence-corrected chi connectivity index (χ4v) is 4.11. The number of benzene rings is 1. The quantitative estimate of drug-likeness (QED) is 0.849. The van der Waals surface area contributed by atoms with E-state index in [1.165, 1.54) is 58.2 Å². The third-order valence-electron chi connectivity index (χ3n) is 5.07. The standard InChI is InChI=1S/C18H28N2/c1-19-13-15-7-6-12-20(14-15)18-11-5-3-9-16-8-2-4-10-17(16)18/h2,4,8,10,15,18-19H,3,5-7,9,11-14H2,1H3. The van der Waals surface area contributed by atoms with Crippen molar-refractivity contribution < 1.29 is 0 Å². The Balaban J connectivity index is 1.78. The molecular formula is C18H28N2. The zero-order chi connectivity index (χ0) is 13.8. The Morgan fingerprint density at radius 3 is 2.95 bits per heavy atom. The minimum absolute atomic E-state index is 0.674. The first kappa shape index (κ1) is 14.1. The van der Waals surface area contributed by atoms with Crippen LogP contribution in [0.5, 0.6) is 0 Å². The van der Waals surface area contributed by atoms with Crippen molar-refractivity contribution in [3.8, 4) is 0 Å². The summed E-state index contributed by atoms with van der Waals surface area (Å²) in [5.74, 6) is 0.837. The number of piperidine rings is 1. The lowest BCUT2D eigenvalue weighted by Gasteiger charge is -2.38. The van der Waals surface area contributed by atoms with Crippen molar-refractivity contribution in [3.05, 3.63) is 35.4 Å². The van der Waals surface area contributed by atoms with E-state index in [0.29, 0.717) is 6.04 Å². The van der Waals surface area contributed by atoms with Crippen molar-refractivity contribution in [1.82, 2.24) is 10.2 Å².